The molecule has 0 saturated carbocycles. The van der Waals surface area contributed by atoms with E-state index < -0.39 is 68.0 Å². The first-order valence-corrected chi connectivity index (χ1v) is 7.43. The minimum absolute atomic E-state index is 0. The van der Waals surface area contributed by atoms with Crippen LogP contribution in [0.3, 0.4) is 0 Å². The fourth-order valence-corrected chi connectivity index (χ4v) is 2.78. The second-order valence-corrected chi connectivity index (χ2v) is 5.83. The summed E-state index contributed by atoms with van der Waals surface area (Å²) >= 11 is 0. The number of ether oxygens (including phenoxy) is 4. The molecule has 12 heteroatoms. The van der Waals surface area contributed by atoms with Gasteiger partial charge in [-0.25, -0.2) is 0 Å². The number of hydrogen-bond acceptors (Lipinski definition) is 11. The quantitative estimate of drug-likeness (QED) is 0.219. The van der Waals surface area contributed by atoms with E-state index in [0.717, 1.165) is 0 Å². The summed E-state index contributed by atoms with van der Waals surface area (Å²) in [6.45, 7) is -1.70. The third kappa shape index (κ3) is 4.52. The SMILES string of the molecule is COC[C@H]1O[C@H](O[C@]2(CO)O[C@H](CO)[C@@H](O)[C@@H]2O)[C@H](O)[C@@H](O)[C@@H]1O.[NaH]. The van der Waals surface area contributed by atoms with Crippen LogP contribution in [-0.4, -0.2) is 147 Å². The molecule has 0 aromatic carbocycles. The van der Waals surface area contributed by atoms with E-state index in [4.69, 9.17) is 24.1 Å². The summed E-state index contributed by atoms with van der Waals surface area (Å²) in [5.41, 5.74) is 0. The zero-order chi connectivity index (χ0) is 18.1. The van der Waals surface area contributed by atoms with Crippen LogP contribution in [0.1, 0.15) is 0 Å². The molecule has 2 aliphatic heterocycles. The molecular formula is C13H25NaO11. The molecule has 0 spiro atoms. The number of rotatable bonds is 6. The summed E-state index contributed by atoms with van der Waals surface area (Å²) in [5.74, 6) is -2.18. The first-order chi connectivity index (χ1) is 11.3. The van der Waals surface area contributed by atoms with Gasteiger partial charge in [-0.1, -0.05) is 0 Å². The second-order valence-electron chi connectivity index (χ2n) is 5.83. The van der Waals surface area contributed by atoms with Gasteiger partial charge in [0.1, 0.15) is 49.3 Å². The molecule has 0 radical (unpaired) electrons. The van der Waals surface area contributed by atoms with Crippen molar-refractivity contribution in [2.45, 2.75) is 54.8 Å². The molecule has 0 bridgehead atoms. The third-order valence-corrected chi connectivity index (χ3v) is 4.22. The van der Waals surface area contributed by atoms with E-state index in [1.54, 1.807) is 0 Å². The van der Waals surface area contributed by atoms with Gasteiger partial charge in [-0.3, -0.25) is 0 Å². The topological polar surface area (TPSA) is 179 Å². The van der Waals surface area contributed by atoms with Crippen LogP contribution in [0, 0.1) is 0 Å². The molecule has 9 atom stereocenters. The van der Waals surface area contributed by atoms with Gasteiger partial charge in [0, 0.05) is 7.11 Å². The van der Waals surface area contributed by atoms with Crippen LogP contribution in [0.15, 0.2) is 0 Å². The van der Waals surface area contributed by atoms with Crippen molar-refractivity contribution in [1.29, 1.82) is 0 Å². The number of methoxy groups -OCH3 is 1. The van der Waals surface area contributed by atoms with Gasteiger partial charge < -0.3 is 54.7 Å². The Kier molecular flexibility index (Phi) is 9.12. The van der Waals surface area contributed by atoms with Crippen molar-refractivity contribution in [2.75, 3.05) is 26.9 Å². The molecule has 0 aromatic rings. The van der Waals surface area contributed by atoms with Crippen LogP contribution in [0.5, 0.6) is 0 Å². The van der Waals surface area contributed by atoms with Gasteiger partial charge in [-0.15, -0.1) is 0 Å². The predicted octanol–water partition coefficient (Wildman–Crippen LogP) is -5.39. The van der Waals surface area contributed by atoms with Gasteiger partial charge in [-0.05, 0) is 0 Å². The number of aliphatic hydroxyl groups excluding tert-OH is 7. The number of aliphatic hydroxyl groups is 7. The monoisotopic (exact) mass is 380 g/mol. The molecule has 144 valence electrons. The zero-order valence-electron chi connectivity index (χ0n) is 13.0. The van der Waals surface area contributed by atoms with Crippen molar-refractivity contribution >= 4 is 29.6 Å². The normalized spacial score (nSPS) is 47.5. The van der Waals surface area contributed by atoms with Crippen molar-refractivity contribution in [1.82, 2.24) is 0 Å². The minimum atomic E-state index is -2.18. The first kappa shape index (κ1) is 23.6. The van der Waals surface area contributed by atoms with E-state index in [9.17, 15) is 30.6 Å². The maximum atomic E-state index is 10.1. The Hall–Kier alpha value is 0.560. The summed E-state index contributed by atoms with van der Waals surface area (Å²) in [4.78, 5) is 0. The molecule has 2 saturated heterocycles. The predicted molar refractivity (Wildman–Crippen MR) is 80.6 cm³/mol. The standard InChI is InChI=1S/C13H24O11.Na.H/c1-21-3-6-7(16)9(18)10(19)12(22-6)24-13(4-15)11(20)8(17)5(2-14)23-13;;/h5-12,14-20H,2-4H2,1H3;;/t5-,6-,7-,8-,9+,10-,11+,12-,13+;;/m1../s1. The fraction of sp³-hybridized carbons (Fsp3) is 1.00. The third-order valence-electron chi connectivity index (χ3n) is 4.22. The molecule has 0 amide bonds. The van der Waals surface area contributed by atoms with Gasteiger partial charge in [0.25, 0.3) is 0 Å². The van der Waals surface area contributed by atoms with Crippen molar-refractivity contribution in [2.24, 2.45) is 0 Å². The van der Waals surface area contributed by atoms with Crippen LogP contribution in [0.2, 0.25) is 0 Å². The van der Waals surface area contributed by atoms with Gasteiger partial charge in [-0.2, -0.15) is 0 Å². The van der Waals surface area contributed by atoms with Gasteiger partial charge in [0.2, 0.25) is 5.79 Å². The first-order valence-electron chi connectivity index (χ1n) is 7.43. The summed E-state index contributed by atoms with van der Waals surface area (Å²) in [6.07, 6.45) is -12.0. The zero-order valence-corrected chi connectivity index (χ0v) is 13.0. The van der Waals surface area contributed by atoms with Crippen LogP contribution < -0.4 is 0 Å². The summed E-state index contributed by atoms with van der Waals surface area (Å²) in [6, 6.07) is 0. The average Bonchev–Trinajstić information content (AvgIpc) is 2.82. The van der Waals surface area contributed by atoms with Crippen molar-refractivity contribution in [3.8, 4) is 0 Å². The molecule has 2 aliphatic rings. The Bertz CT molecular complexity index is 415. The average molecular weight is 380 g/mol. The van der Waals surface area contributed by atoms with Gasteiger partial charge in [0.15, 0.2) is 6.29 Å². The van der Waals surface area contributed by atoms with E-state index in [1.165, 1.54) is 7.11 Å². The van der Waals surface area contributed by atoms with Gasteiger partial charge >= 0.3 is 29.6 Å². The van der Waals surface area contributed by atoms with Crippen LogP contribution >= 0.6 is 0 Å². The molecule has 7 N–H and O–H groups in total. The van der Waals surface area contributed by atoms with Crippen molar-refractivity contribution in [3.05, 3.63) is 0 Å². The van der Waals surface area contributed by atoms with Crippen LogP contribution in [0.4, 0.5) is 0 Å². The summed E-state index contributed by atoms with van der Waals surface area (Å²) in [7, 11) is 1.34. The second kappa shape index (κ2) is 9.66. The summed E-state index contributed by atoms with van der Waals surface area (Å²) in [5, 5.41) is 68.3. The molecule has 2 heterocycles. The Balaban J connectivity index is 0.00000312. The molecular weight excluding hydrogens is 355 g/mol. The molecule has 2 fully saturated rings. The molecule has 2 rings (SSSR count). The molecule has 11 nitrogen and oxygen atoms in total. The van der Waals surface area contributed by atoms with Crippen molar-refractivity contribution < 1.29 is 54.7 Å². The summed E-state index contributed by atoms with van der Waals surface area (Å²) < 4.78 is 20.7. The van der Waals surface area contributed by atoms with E-state index >= 15 is 0 Å². The Morgan fingerprint density at radius 3 is 2.04 bits per heavy atom. The number of hydrogen-bond donors (Lipinski definition) is 7. The molecule has 0 unspecified atom stereocenters. The maximum absolute atomic E-state index is 10.1. The molecule has 0 aromatic heterocycles. The molecule has 0 aliphatic carbocycles. The Morgan fingerprint density at radius 2 is 1.56 bits per heavy atom. The van der Waals surface area contributed by atoms with Crippen LogP contribution in [0.25, 0.3) is 0 Å². The fourth-order valence-electron chi connectivity index (χ4n) is 2.78. The Morgan fingerprint density at radius 1 is 0.920 bits per heavy atom. The van der Waals surface area contributed by atoms with Gasteiger partial charge in [0.05, 0.1) is 13.2 Å². The van der Waals surface area contributed by atoms with E-state index in [-0.39, 0.29) is 36.2 Å². The van der Waals surface area contributed by atoms with E-state index in [1.807, 2.05) is 0 Å². The van der Waals surface area contributed by atoms with E-state index in [2.05, 4.69) is 0 Å². The molecule has 25 heavy (non-hydrogen) atoms. The van der Waals surface area contributed by atoms with E-state index in [0.29, 0.717) is 0 Å². The van der Waals surface area contributed by atoms with Crippen LogP contribution in [-0.2, 0) is 18.9 Å². The van der Waals surface area contributed by atoms with Crippen molar-refractivity contribution in [3.63, 3.8) is 0 Å². The Labute approximate surface area is 166 Å².